The first kappa shape index (κ1) is 46.8. The van der Waals surface area contributed by atoms with E-state index in [1.54, 1.807) is 56.7 Å². The van der Waals surface area contributed by atoms with Gasteiger partial charge in [0.25, 0.3) is 0 Å². The van der Waals surface area contributed by atoms with E-state index in [1.165, 1.54) is 82.0 Å². The molecule has 5 heterocycles. The van der Waals surface area contributed by atoms with E-state index >= 15 is 0 Å². The normalized spacial score (nSPS) is 16.9. The van der Waals surface area contributed by atoms with Crippen LogP contribution >= 0.6 is 114 Å². The number of rotatable bonds is 18. The zero-order valence-electron chi connectivity index (χ0n) is 34.7. The molecule has 5 aromatic heterocycles. The highest BCUT2D eigenvalue weighted by molar-refractivity contribution is 9.11. The van der Waals surface area contributed by atoms with Crippen LogP contribution in [0.25, 0.3) is 41.8 Å². The molecule has 2 atom stereocenters. The van der Waals surface area contributed by atoms with Crippen LogP contribution in [0.1, 0.15) is 110 Å². The van der Waals surface area contributed by atoms with Crippen molar-refractivity contribution in [3.63, 3.8) is 0 Å². The van der Waals surface area contributed by atoms with Crippen molar-refractivity contribution < 1.29 is 0 Å². The fourth-order valence-corrected chi connectivity index (χ4v) is 15.3. The Bertz CT molecular complexity index is 2430. The number of allylic oxidation sites excluding steroid dienone is 8. The lowest BCUT2D eigenvalue weighted by Gasteiger charge is -2.17. The third kappa shape index (κ3) is 10.5. The lowest BCUT2D eigenvalue weighted by Crippen LogP contribution is -2.18. The monoisotopic (exact) mass is 1060 g/mol. The van der Waals surface area contributed by atoms with Gasteiger partial charge >= 0.3 is 0 Å². The van der Waals surface area contributed by atoms with Crippen molar-refractivity contribution in [2.45, 2.75) is 91.9 Å². The maximum absolute atomic E-state index is 9.33. The summed E-state index contributed by atoms with van der Waals surface area (Å²) >= 11 is 25.0. The molecule has 2 unspecified atom stereocenters. The van der Waals surface area contributed by atoms with Crippen molar-refractivity contribution in [2.24, 2.45) is 20.6 Å². The third-order valence-electron chi connectivity index (χ3n) is 11.5. The highest BCUT2D eigenvalue weighted by Crippen LogP contribution is 2.45. The summed E-state index contributed by atoms with van der Waals surface area (Å²) < 4.78 is 11.1. The number of nitrogens with zero attached hydrogens (tertiary/aromatic N) is 2. The molecule has 0 aromatic carbocycles. The molecule has 7 rings (SSSR count). The molecule has 61 heavy (non-hydrogen) atoms. The van der Waals surface area contributed by atoms with Crippen LogP contribution in [0.3, 0.4) is 0 Å². The van der Waals surface area contributed by atoms with Gasteiger partial charge in [-0.25, -0.2) is 8.80 Å². The summed E-state index contributed by atoms with van der Waals surface area (Å²) in [6.07, 6.45) is 20.3. The standard InChI is InChI=1S/C48H50Br2N4S7/c1-5-9-11-27(7-3)23-29-25-41(49)60-47(29)39-21-19-35(58-39)31-13-15-33(45(53-55)43(31)51)37-17-18-38(57-37)34-16-14-32(44(52)46(34)54-56)36-20-22-40(59-36)48-30(26-42(50)61-48)24-28(8-4)12-10-6-2/h13-22,25-28,51-52,55-56H,5-12,23-24H2,1-4H3/b51-43?,52-44?,53-45-,54-46-. The molecule has 2 aliphatic rings. The van der Waals surface area contributed by atoms with Crippen LogP contribution in [0.2, 0.25) is 0 Å². The van der Waals surface area contributed by atoms with Gasteiger partial charge < -0.3 is 0 Å². The van der Waals surface area contributed by atoms with Gasteiger partial charge in [-0.05, 0) is 142 Å². The molecular formula is C48H50Br2N4S7. The fourth-order valence-electron chi connectivity index (χ4n) is 8.05. The molecule has 0 amide bonds. The maximum Gasteiger partial charge on any atom is 0.105 e. The van der Waals surface area contributed by atoms with Crippen LogP contribution in [-0.2, 0) is 12.8 Å². The van der Waals surface area contributed by atoms with Crippen molar-refractivity contribution in [1.82, 2.24) is 0 Å². The van der Waals surface area contributed by atoms with Crippen molar-refractivity contribution in [3.05, 3.63) is 111 Å². The number of halogens is 2. The van der Waals surface area contributed by atoms with Gasteiger partial charge in [0.1, 0.15) is 11.4 Å². The summed E-state index contributed by atoms with van der Waals surface area (Å²) in [6, 6.07) is 17.4. The number of hydrogen-bond acceptors (Lipinski definition) is 11. The Balaban J connectivity index is 1.12. The predicted molar refractivity (Wildman–Crippen MR) is 289 cm³/mol. The van der Waals surface area contributed by atoms with E-state index in [0.29, 0.717) is 34.7 Å². The second-order valence-corrected chi connectivity index (χ2v) is 24.0. The lowest BCUT2D eigenvalue weighted by molar-refractivity contribution is 0.450. The topological polar surface area (TPSA) is 72.4 Å². The smallest absolute Gasteiger partial charge is 0.105 e. The summed E-state index contributed by atoms with van der Waals surface area (Å²) in [5, 5.41) is 18.7. The van der Waals surface area contributed by atoms with Gasteiger partial charge in [0.15, 0.2) is 0 Å². The van der Waals surface area contributed by atoms with Crippen LogP contribution in [0.5, 0.6) is 0 Å². The van der Waals surface area contributed by atoms with E-state index in [-0.39, 0.29) is 0 Å². The van der Waals surface area contributed by atoms with Gasteiger partial charge in [0.05, 0.1) is 19.0 Å². The molecule has 13 heteroatoms. The van der Waals surface area contributed by atoms with Gasteiger partial charge in [-0.15, -0.1) is 56.7 Å². The van der Waals surface area contributed by atoms with Crippen LogP contribution in [0, 0.1) is 22.7 Å². The molecule has 0 saturated carbocycles. The summed E-state index contributed by atoms with van der Waals surface area (Å²) in [6.45, 7) is 9.16. The molecule has 0 radical (unpaired) electrons. The SMILES string of the molecule is CCCCC(CC)Cc1cc(Br)sc1-c1ccc(C2=CC=C(c3ccc(C4=CC=C(c5ccc(-c6sc(Br)cc6CC(CC)CCCC)s5)C(=N)/C4=N\S)s3)/C(=N/S)C2=N)s1. The Labute approximate surface area is 409 Å². The number of hydrogen-bond donors (Lipinski definition) is 4. The first-order chi connectivity index (χ1) is 29.6. The summed E-state index contributed by atoms with van der Waals surface area (Å²) in [4.78, 5) is 9.13. The van der Waals surface area contributed by atoms with Gasteiger partial charge in [-0.3, -0.25) is 10.8 Å². The molecule has 5 aromatic rings. The van der Waals surface area contributed by atoms with E-state index in [4.69, 9.17) is 0 Å². The molecule has 4 nitrogen and oxygen atoms in total. The van der Waals surface area contributed by atoms with Gasteiger partial charge in [0.2, 0.25) is 0 Å². The highest BCUT2D eigenvalue weighted by Gasteiger charge is 2.29. The Morgan fingerprint density at radius 3 is 1.23 bits per heavy atom. The van der Waals surface area contributed by atoms with E-state index in [9.17, 15) is 10.8 Å². The number of thiophene rings is 5. The maximum atomic E-state index is 9.33. The quantitative estimate of drug-likeness (QED) is 0.0499. The van der Waals surface area contributed by atoms with Crippen molar-refractivity contribution in [3.8, 4) is 19.5 Å². The molecule has 2 aliphatic carbocycles. The Hall–Kier alpha value is -2.20. The van der Waals surface area contributed by atoms with Gasteiger partial charge in [-0.2, -0.15) is 0 Å². The average molecular weight is 1070 g/mol. The predicted octanol–water partition coefficient (Wildman–Crippen LogP) is 17.9. The van der Waals surface area contributed by atoms with Crippen LogP contribution in [0.4, 0.5) is 0 Å². The largest absolute Gasteiger partial charge is 0.298 e. The minimum Gasteiger partial charge on any atom is -0.298 e. The highest BCUT2D eigenvalue weighted by atomic mass is 79.9. The minimum absolute atomic E-state index is 0.358. The Morgan fingerprint density at radius 1 is 0.525 bits per heavy atom. The second kappa shape index (κ2) is 21.7. The fraction of sp³-hybridized carbons (Fsp3) is 0.333. The van der Waals surface area contributed by atoms with Crippen molar-refractivity contribution in [1.29, 1.82) is 10.8 Å². The zero-order valence-corrected chi connectivity index (χ0v) is 43.8. The van der Waals surface area contributed by atoms with E-state index < -0.39 is 0 Å². The lowest BCUT2D eigenvalue weighted by atomic mass is 9.91. The summed E-state index contributed by atoms with van der Waals surface area (Å²) in [5.41, 5.74) is 8.02. The van der Waals surface area contributed by atoms with Crippen LogP contribution in [-0.4, -0.2) is 22.8 Å². The molecule has 0 spiro atoms. The first-order valence-electron chi connectivity index (χ1n) is 21.0. The molecular weight excluding hydrogens is 1020 g/mol. The minimum atomic E-state index is 0.358. The molecule has 0 bridgehead atoms. The molecule has 0 saturated heterocycles. The van der Waals surface area contributed by atoms with E-state index in [2.05, 4.69) is 155 Å². The summed E-state index contributed by atoms with van der Waals surface area (Å²) in [7, 11) is 0. The van der Waals surface area contributed by atoms with Gasteiger partial charge in [0, 0.05) is 61.3 Å². The van der Waals surface area contributed by atoms with Crippen molar-refractivity contribution in [2.75, 3.05) is 0 Å². The molecule has 0 fully saturated rings. The third-order valence-corrected chi connectivity index (χ3v) is 19.1. The van der Waals surface area contributed by atoms with Crippen LogP contribution in [0.15, 0.2) is 89.2 Å². The van der Waals surface area contributed by atoms with E-state index in [1.807, 2.05) is 12.2 Å². The van der Waals surface area contributed by atoms with Crippen molar-refractivity contribution >= 4 is 159 Å². The Morgan fingerprint density at radius 2 is 0.869 bits per heavy atom. The first-order valence-corrected chi connectivity index (χ1v) is 27.4. The second-order valence-electron chi connectivity index (χ2n) is 15.5. The molecule has 318 valence electrons. The average Bonchev–Trinajstić information content (AvgIpc) is 4.12. The molecule has 0 aliphatic heterocycles. The number of nitrogens with one attached hydrogen (secondary N) is 2. The number of unbranched alkanes of at least 4 members (excludes halogenated alkanes) is 2. The zero-order chi connectivity index (χ0) is 43.2. The van der Waals surface area contributed by atoms with Gasteiger partial charge in [-0.1, -0.05) is 103 Å². The Kier molecular flexibility index (Phi) is 16.6. The summed E-state index contributed by atoms with van der Waals surface area (Å²) in [5.74, 6) is 1.37. The van der Waals surface area contributed by atoms with E-state index in [0.717, 1.165) is 62.2 Å². The molecule has 2 N–H and O–H groups in total. The van der Waals surface area contributed by atoms with Crippen LogP contribution < -0.4 is 0 Å². The number of thiol groups is 2.